The van der Waals surface area contributed by atoms with E-state index >= 15 is 4.39 Å². The minimum Gasteiger partial charge on any atom is -0.490 e. The normalized spacial score (nSPS) is 16.6. The number of ether oxygens (including phenoxy) is 2. The number of hydrogen-bond acceptors (Lipinski definition) is 8. The van der Waals surface area contributed by atoms with Crippen LogP contribution in [0, 0.1) is 5.82 Å². The molecule has 2 fully saturated rings. The molecule has 0 saturated carbocycles. The number of anilines is 1. The number of nitrogens with one attached hydrogen (secondary N) is 2. The lowest BCUT2D eigenvalue weighted by molar-refractivity contribution is 0.122. The number of H-pyrrole nitrogens is 1. The minimum absolute atomic E-state index is 0.181. The Hall–Kier alpha value is -3.89. The first-order chi connectivity index (χ1) is 18.7. The second-order valence-corrected chi connectivity index (χ2v) is 9.54. The molecule has 38 heavy (non-hydrogen) atoms. The van der Waals surface area contributed by atoms with E-state index in [1.165, 1.54) is 12.4 Å². The van der Waals surface area contributed by atoms with E-state index in [1.807, 2.05) is 29.2 Å². The molecule has 0 radical (unpaired) electrons. The van der Waals surface area contributed by atoms with Crippen LogP contribution in [-0.4, -0.2) is 72.2 Å². The average Bonchev–Trinajstić information content (AvgIpc) is 3.40. The second kappa shape index (κ2) is 10.8. The fraction of sp³-hybridized carbons (Fsp3) is 0.357. The van der Waals surface area contributed by atoms with Crippen molar-refractivity contribution in [2.24, 2.45) is 4.99 Å². The van der Waals surface area contributed by atoms with Crippen LogP contribution in [0.2, 0.25) is 0 Å². The highest BCUT2D eigenvalue weighted by molar-refractivity contribution is 5.89. The maximum absolute atomic E-state index is 15.1. The molecule has 4 aromatic rings. The highest BCUT2D eigenvalue weighted by atomic mass is 19.1. The zero-order valence-electron chi connectivity index (χ0n) is 21.1. The molecule has 10 heteroatoms. The Morgan fingerprint density at radius 2 is 1.89 bits per heavy atom. The zero-order valence-corrected chi connectivity index (χ0v) is 21.1. The number of aromatic amines is 1. The fourth-order valence-electron chi connectivity index (χ4n) is 5.07. The molecule has 0 unspecified atom stereocenters. The first-order valence-electron chi connectivity index (χ1n) is 13.0. The summed E-state index contributed by atoms with van der Waals surface area (Å²) in [6.45, 7) is 8.57. The topological polar surface area (TPSA) is 101 Å². The third-order valence-electron chi connectivity index (χ3n) is 7.05. The van der Waals surface area contributed by atoms with Crippen LogP contribution in [0.5, 0.6) is 5.75 Å². The van der Waals surface area contributed by atoms with Crippen LogP contribution in [0.1, 0.15) is 18.4 Å². The number of benzene rings is 2. The lowest BCUT2D eigenvalue weighted by Gasteiger charge is -2.29. The standard InChI is InChI=1S/C28H30FN7O2/c1-30-16-20-14-18(3-5-24(20)38-21-6-8-31-9-7-21)25-26-28(33-17-32-25)35-27(34-26)19-2-4-23(22(29)15-19)36-10-12-37-13-11-36/h2-5,14-15,17,21,31H,1,6-13,16H2,(H,32,33,34,35). The molecule has 2 aliphatic heterocycles. The Morgan fingerprint density at radius 3 is 2.68 bits per heavy atom. The van der Waals surface area contributed by atoms with Crippen LogP contribution in [-0.2, 0) is 11.3 Å². The van der Waals surface area contributed by atoms with Crippen molar-refractivity contribution >= 4 is 23.6 Å². The molecular weight excluding hydrogens is 485 g/mol. The van der Waals surface area contributed by atoms with Gasteiger partial charge in [-0.15, -0.1) is 0 Å². The van der Waals surface area contributed by atoms with Crippen LogP contribution >= 0.6 is 0 Å². The van der Waals surface area contributed by atoms with Crippen LogP contribution in [0.15, 0.2) is 47.7 Å². The maximum atomic E-state index is 15.1. The van der Waals surface area contributed by atoms with Gasteiger partial charge >= 0.3 is 0 Å². The average molecular weight is 516 g/mol. The minimum atomic E-state index is -0.290. The van der Waals surface area contributed by atoms with Crippen molar-refractivity contribution in [3.05, 3.63) is 54.1 Å². The molecule has 2 aromatic carbocycles. The van der Waals surface area contributed by atoms with Crippen LogP contribution in [0.25, 0.3) is 33.8 Å². The van der Waals surface area contributed by atoms with Gasteiger partial charge in [0.05, 0.1) is 25.4 Å². The van der Waals surface area contributed by atoms with E-state index in [4.69, 9.17) is 14.5 Å². The van der Waals surface area contributed by atoms with E-state index in [0.717, 1.165) is 42.8 Å². The number of aliphatic imine (C=N–C) groups is 1. The Labute approximate surface area is 220 Å². The number of nitrogens with zero attached hydrogens (tertiary/aromatic N) is 5. The Kier molecular flexibility index (Phi) is 6.98. The number of rotatable bonds is 7. The van der Waals surface area contributed by atoms with E-state index in [1.54, 1.807) is 6.07 Å². The van der Waals surface area contributed by atoms with Gasteiger partial charge in [0.15, 0.2) is 5.65 Å². The molecule has 2 aliphatic rings. The van der Waals surface area contributed by atoms with Crippen molar-refractivity contribution in [3.63, 3.8) is 0 Å². The predicted molar refractivity (Wildman–Crippen MR) is 145 cm³/mol. The van der Waals surface area contributed by atoms with E-state index in [9.17, 15) is 0 Å². The van der Waals surface area contributed by atoms with Gasteiger partial charge in [-0.25, -0.2) is 19.3 Å². The van der Waals surface area contributed by atoms with Crippen molar-refractivity contribution in [3.8, 4) is 28.4 Å². The smallest absolute Gasteiger partial charge is 0.161 e. The number of piperidine rings is 1. The van der Waals surface area contributed by atoms with Crippen molar-refractivity contribution in [1.29, 1.82) is 0 Å². The molecule has 4 heterocycles. The molecule has 0 aliphatic carbocycles. The highest BCUT2D eigenvalue weighted by Gasteiger charge is 2.20. The van der Waals surface area contributed by atoms with Gasteiger partial charge in [0.2, 0.25) is 0 Å². The summed E-state index contributed by atoms with van der Waals surface area (Å²) in [6.07, 6.45) is 3.63. The predicted octanol–water partition coefficient (Wildman–Crippen LogP) is 3.99. The van der Waals surface area contributed by atoms with Gasteiger partial charge in [-0.2, -0.15) is 0 Å². The number of aromatic nitrogens is 4. The van der Waals surface area contributed by atoms with Gasteiger partial charge in [-0.3, -0.25) is 4.99 Å². The zero-order chi connectivity index (χ0) is 25.9. The SMILES string of the molecule is C=NCc1cc(-c2ncnc3[nH]c(-c4ccc(N5CCOCC5)c(F)c4)nc23)ccc1OC1CCNCC1. The largest absolute Gasteiger partial charge is 0.490 e. The van der Waals surface area contributed by atoms with Crippen molar-refractivity contribution in [2.75, 3.05) is 44.3 Å². The van der Waals surface area contributed by atoms with Crippen LogP contribution in [0.3, 0.4) is 0 Å². The summed E-state index contributed by atoms with van der Waals surface area (Å²) < 4.78 is 26.8. The summed E-state index contributed by atoms with van der Waals surface area (Å²) >= 11 is 0. The Balaban J connectivity index is 1.31. The summed E-state index contributed by atoms with van der Waals surface area (Å²) in [6, 6.07) is 11.2. The van der Waals surface area contributed by atoms with Crippen molar-refractivity contribution in [2.45, 2.75) is 25.5 Å². The van der Waals surface area contributed by atoms with Gasteiger partial charge < -0.3 is 24.7 Å². The number of fused-ring (bicyclic) bond motifs is 1. The van der Waals surface area contributed by atoms with Crippen LogP contribution in [0.4, 0.5) is 10.1 Å². The van der Waals surface area contributed by atoms with Gasteiger partial charge in [-0.05, 0) is 69.0 Å². The van der Waals surface area contributed by atoms with Crippen molar-refractivity contribution in [1.82, 2.24) is 25.3 Å². The molecule has 196 valence electrons. The summed E-state index contributed by atoms with van der Waals surface area (Å²) in [4.78, 5) is 23.0. The van der Waals surface area contributed by atoms with E-state index in [0.29, 0.717) is 66.8 Å². The van der Waals surface area contributed by atoms with E-state index in [2.05, 4.69) is 32.0 Å². The number of morpholine rings is 1. The third-order valence-corrected chi connectivity index (χ3v) is 7.05. The number of imidazole rings is 1. The molecular formula is C28H30FN7O2. The molecule has 2 aromatic heterocycles. The van der Waals surface area contributed by atoms with E-state index in [-0.39, 0.29) is 11.9 Å². The molecule has 0 bridgehead atoms. The first kappa shape index (κ1) is 24.4. The van der Waals surface area contributed by atoms with E-state index < -0.39 is 0 Å². The molecule has 6 rings (SSSR count). The molecule has 0 atom stereocenters. The highest BCUT2D eigenvalue weighted by Crippen LogP contribution is 2.32. The monoisotopic (exact) mass is 515 g/mol. The van der Waals surface area contributed by atoms with Gasteiger partial charge in [0.25, 0.3) is 0 Å². The number of halogens is 1. The third kappa shape index (κ3) is 4.97. The maximum Gasteiger partial charge on any atom is 0.161 e. The lowest BCUT2D eigenvalue weighted by Crippen LogP contribution is -2.36. The summed E-state index contributed by atoms with van der Waals surface area (Å²) in [7, 11) is 0. The molecule has 2 saturated heterocycles. The van der Waals surface area contributed by atoms with Gasteiger partial charge in [-0.1, -0.05) is 0 Å². The van der Waals surface area contributed by atoms with Crippen LogP contribution < -0.4 is 15.0 Å². The molecule has 0 amide bonds. The van der Waals surface area contributed by atoms with Gasteiger partial charge in [0.1, 0.15) is 41.0 Å². The first-order valence-corrected chi connectivity index (χ1v) is 13.0. The molecule has 0 spiro atoms. The quantitative estimate of drug-likeness (QED) is 0.359. The van der Waals surface area contributed by atoms with Gasteiger partial charge in [0, 0.05) is 29.8 Å². The second-order valence-electron chi connectivity index (χ2n) is 9.54. The molecule has 9 nitrogen and oxygen atoms in total. The summed E-state index contributed by atoms with van der Waals surface area (Å²) in [5.41, 5.74) is 4.92. The molecule has 2 N–H and O–H groups in total. The Bertz CT molecular complexity index is 1440. The lowest BCUT2D eigenvalue weighted by atomic mass is 10.1. The fourth-order valence-corrected chi connectivity index (χ4v) is 5.07. The van der Waals surface area contributed by atoms with Crippen molar-refractivity contribution < 1.29 is 13.9 Å². The summed E-state index contributed by atoms with van der Waals surface area (Å²) in [5, 5.41) is 3.36. The Morgan fingerprint density at radius 1 is 1.08 bits per heavy atom. The number of hydrogen-bond donors (Lipinski definition) is 2. The summed E-state index contributed by atoms with van der Waals surface area (Å²) in [5.74, 6) is 1.06.